The first-order valence-electron chi connectivity index (χ1n) is 9.00. The van der Waals surface area contributed by atoms with E-state index in [4.69, 9.17) is 9.47 Å². The average Bonchev–Trinajstić information content (AvgIpc) is 2.79. The lowest BCUT2D eigenvalue weighted by Crippen LogP contribution is -2.17. The monoisotopic (exact) mass is 419 g/mol. The predicted octanol–water partition coefficient (Wildman–Crippen LogP) is 3.59. The van der Waals surface area contributed by atoms with Gasteiger partial charge in [-0.25, -0.2) is 10.2 Å². The lowest BCUT2D eigenvalue weighted by atomic mass is 10.2. The van der Waals surface area contributed by atoms with Gasteiger partial charge in [-0.05, 0) is 48.0 Å². The molecule has 0 aliphatic carbocycles. The summed E-state index contributed by atoms with van der Waals surface area (Å²) in [7, 11) is 1.53. The van der Waals surface area contributed by atoms with E-state index in [1.807, 2.05) is 0 Å². The van der Waals surface area contributed by atoms with Gasteiger partial charge in [0.25, 0.3) is 11.6 Å². The van der Waals surface area contributed by atoms with Crippen molar-refractivity contribution in [2.45, 2.75) is 0 Å². The van der Waals surface area contributed by atoms with Crippen LogP contribution in [0, 0.1) is 10.1 Å². The Balaban J connectivity index is 1.62. The molecule has 156 valence electrons. The molecule has 0 aliphatic rings. The van der Waals surface area contributed by atoms with E-state index in [-0.39, 0.29) is 11.3 Å². The van der Waals surface area contributed by atoms with E-state index < -0.39 is 16.8 Å². The van der Waals surface area contributed by atoms with Gasteiger partial charge >= 0.3 is 5.97 Å². The van der Waals surface area contributed by atoms with Crippen LogP contribution in [0.15, 0.2) is 77.9 Å². The fraction of sp³-hybridized carbons (Fsp3) is 0.0455. The molecule has 0 radical (unpaired) electrons. The van der Waals surface area contributed by atoms with Crippen molar-refractivity contribution in [1.29, 1.82) is 0 Å². The smallest absolute Gasteiger partial charge is 0.343 e. The van der Waals surface area contributed by atoms with Crippen molar-refractivity contribution in [3.8, 4) is 11.5 Å². The van der Waals surface area contributed by atoms with E-state index in [9.17, 15) is 19.7 Å². The summed E-state index contributed by atoms with van der Waals surface area (Å²) in [6.07, 6.45) is 1.36. The summed E-state index contributed by atoms with van der Waals surface area (Å²) < 4.78 is 10.4. The number of nitrogens with zero attached hydrogens (tertiary/aromatic N) is 2. The second-order valence-electron chi connectivity index (χ2n) is 6.20. The van der Waals surface area contributed by atoms with Gasteiger partial charge in [0.2, 0.25) is 0 Å². The molecule has 3 aromatic carbocycles. The number of hydrazone groups is 1. The van der Waals surface area contributed by atoms with Gasteiger partial charge in [0, 0.05) is 17.7 Å². The van der Waals surface area contributed by atoms with Crippen LogP contribution in [-0.2, 0) is 0 Å². The van der Waals surface area contributed by atoms with Crippen LogP contribution in [0.25, 0.3) is 0 Å². The number of nitrogens with one attached hydrogen (secondary N) is 1. The van der Waals surface area contributed by atoms with Crippen LogP contribution in [0.4, 0.5) is 5.69 Å². The number of methoxy groups -OCH3 is 1. The van der Waals surface area contributed by atoms with E-state index in [1.165, 1.54) is 31.5 Å². The van der Waals surface area contributed by atoms with E-state index in [0.717, 1.165) is 6.07 Å². The molecule has 31 heavy (non-hydrogen) atoms. The molecule has 3 aromatic rings. The molecule has 0 heterocycles. The fourth-order valence-corrected chi connectivity index (χ4v) is 2.54. The maximum Gasteiger partial charge on any atom is 0.343 e. The highest BCUT2D eigenvalue weighted by Gasteiger charge is 2.11. The zero-order valence-corrected chi connectivity index (χ0v) is 16.3. The number of non-ortho nitro benzene ring substituents is 1. The zero-order valence-electron chi connectivity index (χ0n) is 16.3. The molecule has 3 rings (SSSR count). The first-order chi connectivity index (χ1) is 15.0. The number of ether oxygens (including phenoxy) is 2. The molecule has 0 saturated carbocycles. The predicted molar refractivity (Wildman–Crippen MR) is 113 cm³/mol. The van der Waals surface area contributed by atoms with Crippen molar-refractivity contribution in [1.82, 2.24) is 5.43 Å². The van der Waals surface area contributed by atoms with Crippen LogP contribution >= 0.6 is 0 Å². The maximum absolute atomic E-state index is 12.3. The van der Waals surface area contributed by atoms with Crippen molar-refractivity contribution in [3.05, 3.63) is 99.6 Å². The first kappa shape index (κ1) is 21.2. The summed E-state index contributed by atoms with van der Waals surface area (Å²) >= 11 is 0. The average molecular weight is 419 g/mol. The van der Waals surface area contributed by atoms with Crippen molar-refractivity contribution in [2.75, 3.05) is 7.11 Å². The number of nitro benzene ring substituents is 1. The molecule has 0 aromatic heterocycles. The first-order valence-corrected chi connectivity index (χ1v) is 9.00. The zero-order chi connectivity index (χ0) is 22.2. The van der Waals surface area contributed by atoms with Crippen LogP contribution in [0.2, 0.25) is 0 Å². The lowest BCUT2D eigenvalue weighted by Gasteiger charge is -2.06. The highest BCUT2D eigenvalue weighted by molar-refractivity contribution is 5.95. The number of carbonyl (C=O) groups excluding carboxylic acids is 2. The van der Waals surface area contributed by atoms with E-state index >= 15 is 0 Å². The molecule has 1 N–H and O–H groups in total. The number of rotatable bonds is 7. The molecule has 0 unspecified atom stereocenters. The second kappa shape index (κ2) is 9.79. The van der Waals surface area contributed by atoms with Gasteiger partial charge < -0.3 is 9.47 Å². The van der Waals surface area contributed by atoms with Crippen LogP contribution in [0.5, 0.6) is 11.5 Å². The fourth-order valence-electron chi connectivity index (χ4n) is 2.54. The molecule has 9 nitrogen and oxygen atoms in total. The minimum absolute atomic E-state index is 0.105. The largest absolute Gasteiger partial charge is 0.497 e. The summed E-state index contributed by atoms with van der Waals surface area (Å²) in [6, 6.07) is 18.4. The molecular weight excluding hydrogens is 402 g/mol. The normalized spacial score (nSPS) is 10.5. The molecule has 0 spiro atoms. The van der Waals surface area contributed by atoms with Crippen molar-refractivity contribution < 1.29 is 24.0 Å². The summed E-state index contributed by atoms with van der Waals surface area (Å²) in [4.78, 5) is 34.6. The molecule has 0 bridgehead atoms. The second-order valence-corrected chi connectivity index (χ2v) is 6.20. The third-order valence-electron chi connectivity index (χ3n) is 4.09. The van der Waals surface area contributed by atoms with Gasteiger partial charge in [-0.3, -0.25) is 14.9 Å². The third-order valence-corrected chi connectivity index (χ3v) is 4.09. The SMILES string of the molecule is COc1ccc(C(=O)Oc2cccc(/C=N\NC(=O)c3cccc([N+](=O)[O-])c3)c2)cc1. The number of carbonyl (C=O) groups is 2. The summed E-state index contributed by atoms with van der Waals surface area (Å²) in [5, 5.41) is 14.6. The minimum atomic E-state index is -0.595. The van der Waals surface area contributed by atoms with Gasteiger partial charge in [-0.2, -0.15) is 5.10 Å². The molecule has 1 amide bonds. The number of nitro groups is 1. The van der Waals surface area contributed by atoms with Crippen LogP contribution in [-0.4, -0.2) is 30.1 Å². The van der Waals surface area contributed by atoms with E-state index in [1.54, 1.807) is 48.5 Å². The molecule has 0 saturated heterocycles. The minimum Gasteiger partial charge on any atom is -0.497 e. The number of benzene rings is 3. The number of hydrogen-bond donors (Lipinski definition) is 1. The molecule has 0 atom stereocenters. The summed E-state index contributed by atoms with van der Waals surface area (Å²) in [5.41, 5.74) is 3.15. The Hall–Kier alpha value is -4.53. The Morgan fingerprint density at radius 1 is 0.968 bits per heavy atom. The number of hydrogen-bond acceptors (Lipinski definition) is 7. The Kier molecular flexibility index (Phi) is 6.69. The van der Waals surface area contributed by atoms with E-state index in [0.29, 0.717) is 22.6 Å². The Morgan fingerprint density at radius 2 is 1.71 bits per heavy atom. The van der Waals surface area contributed by atoms with E-state index in [2.05, 4.69) is 10.5 Å². The van der Waals surface area contributed by atoms with Crippen molar-refractivity contribution in [2.24, 2.45) is 5.10 Å². The van der Waals surface area contributed by atoms with Gasteiger partial charge in [0.15, 0.2) is 0 Å². The Morgan fingerprint density at radius 3 is 2.42 bits per heavy atom. The van der Waals surface area contributed by atoms with Gasteiger partial charge in [0.1, 0.15) is 11.5 Å². The van der Waals surface area contributed by atoms with Gasteiger partial charge in [-0.15, -0.1) is 0 Å². The molecule has 0 aliphatic heterocycles. The molecular formula is C22H17N3O6. The van der Waals surface area contributed by atoms with Crippen LogP contribution in [0.1, 0.15) is 26.3 Å². The highest BCUT2D eigenvalue weighted by Crippen LogP contribution is 2.17. The lowest BCUT2D eigenvalue weighted by molar-refractivity contribution is -0.384. The van der Waals surface area contributed by atoms with Crippen molar-refractivity contribution in [3.63, 3.8) is 0 Å². The van der Waals surface area contributed by atoms with Crippen molar-refractivity contribution >= 4 is 23.8 Å². The summed E-state index contributed by atoms with van der Waals surface area (Å²) in [5.74, 6) is -0.200. The standard InChI is InChI=1S/C22H17N3O6/c1-30-19-10-8-16(9-11-19)22(27)31-20-7-2-4-15(12-20)14-23-24-21(26)17-5-3-6-18(13-17)25(28)29/h2-14H,1H3,(H,24,26)/b23-14-. The molecule has 0 fully saturated rings. The quantitative estimate of drug-likeness (QED) is 0.205. The van der Waals surface area contributed by atoms with Crippen LogP contribution < -0.4 is 14.9 Å². The summed E-state index contributed by atoms with van der Waals surface area (Å²) in [6.45, 7) is 0. The third kappa shape index (κ3) is 5.73. The highest BCUT2D eigenvalue weighted by atomic mass is 16.6. The topological polar surface area (TPSA) is 120 Å². The number of amides is 1. The maximum atomic E-state index is 12.3. The Bertz CT molecular complexity index is 1140. The van der Waals surface area contributed by atoms with Crippen LogP contribution in [0.3, 0.4) is 0 Å². The molecule has 9 heteroatoms. The van der Waals surface area contributed by atoms with Gasteiger partial charge in [0.05, 0.1) is 23.8 Å². The Labute approximate surface area is 177 Å². The number of esters is 1. The van der Waals surface area contributed by atoms with Gasteiger partial charge in [-0.1, -0.05) is 18.2 Å².